The average molecular weight is 290 g/mol. The van der Waals surface area contributed by atoms with Crippen LogP contribution in [0.1, 0.15) is 26.7 Å². The van der Waals surface area contributed by atoms with Gasteiger partial charge in [0.25, 0.3) is 0 Å². The lowest BCUT2D eigenvalue weighted by molar-refractivity contribution is -0.141. The zero-order chi connectivity index (χ0) is 14.4. The molecule has 0 aromatic carbocycles. The van der Waals surface area contributed by atoms with E-state index in [1.165, 1.54) is 4.90 Å². The second kappa shape index (κ2) is 7.47. The van der Waals surface area contributed by atoms with Gasteiger partial charge in [0.15, 0.2) is 0 Å². The summed E-state index contributed by atoms with van der Waals surface area (Å²) in [5, 5.41) is 11.8. The number of nitrogens with one attached hydrogen (secondary N) is 1. The number of nitrogens with zero attached hydrogens (tertiary/aromatic N) is 1. The van der Waals surface area contributed by atoms with Gasteiger partial charge in [-0.1, -0.05) is 6.92 Å². The number of hydrogen-bond acceptors (Lipinski definition) is 3. The van der Waals surface area contributed by atoms with Gasteiger partial charge in [0, 0.05) is 41.4 Å². The Kier molecular flexibility index (Phi) is 6.27. The number of carbonyl (C=O) groups is 2. The molecule has 1 aliphatic rings. The molecule has 2 amide bonds. The van der Waals surface area contributed by atoms with E-state index in [0.717, 1.165) is 12.8 Å². The maximum absolute atomic E-state index is 12.0. The van der Waals surface area contributed by atoms with Gasteiger partial charge in [-0.3, -0.25) is 9.00 Å². The molecule has 1 unspecified atom stereocenters. The van der Waals surface area contributed by atoms with Gasteiger partial charge in [-0.05, 0) is 19.8 Å². The van der Waals surface area contributed by atoms with E-state index < -0.39 is 22.7 Å². The summed E-state index contributed by atoms with van der Waals surface area (Å²) in [5.41, 5.74) is 0. The second-order valence-electron chi connectivity index (χ2n) is 4.85. The highest BCUT2D eigenvalue weighted by molar-refractivity contribution is 7.85. The minimum atomic E-state index is -0.903. The van der Waals surface area contributed by atoms with E-state index >= 15 is 0 Å². The Morgan fingerprint density at radius 1 is 1.42 bits per heavy atom. The fraction of sp³-hybridized carbons (Fsp3) is 0.833. The van der Waals surface area contributed by atoms with Crippen molar-refractivity contribution >= 4 is 22.8 Å². The highest BCUT2D eigenvalue weighted by Gasteiger charge is 2.23. The third kappa shape index (κ3) is 5.18. The van der Waals surface area contributed by atoms with Crippen LogP contribution < -0.4 is 5.32 Å². The molecule has 1 heterocycles. The molecule has 0 saturated carbocycles. The molecule has 0 aromatic heterocycles. The Morgan fingerprint density at radius 2 is 2.00 bits per heavy atom. The van der Waals surface area contributed by atoms with Crippen LogP contribution in [0.3, 0.4) is 0 Å². The van der Waals surface area contributed by atoms with Crippen molar-refractivity contribution in [3.8, 4) is 0 Å². The van der Waals surface area contributed by atoms with Crippen LogP contribution in [0.4, 0.5) is 4.79 Å². The van der Waals surface area contributed by atoms with Gasteiger partial charge in [0.05, 0.1) is 5.92 Å². The van der Waals surface area contributed by atoms with Crippen LogP contribution >= 0.6 is 0 Å². The summed E-state index contributed by atoms with van der Waals surface area (Å²) in [7, 11) is -0.746. The van der Waals surface area contributed by atoms with Crippen molar-refractivity contribution in [2.75, 3.05) is 24.6 Å². The number of carbonyl (C=O) groups excluding carboxylic acids is 1. The van der Waals surface area contributed by atoms with Crippen molar-refractivity contribution in [1.29, 1.82) is 0 Å². The minimum absolute atomic E-state index is 0.0550. The third-order valence-corrected chi connectivity index (χ3v) is 4.68. The zero-order valence-corrected chi connectivity index (χ0v) is 12.2. The molecule has 1 rings (SSSR count). The molecule has 1 fully saturated rings. The Hall–Kier alpha value is -1.11. The predicted octanol–water partition coefficient (Wildman–Crippen LogP) is 0.650. The van der Waals surface area contributed by atoms with E-state index in [1.807, 2.05) is 6.92 Å². The molecule has 1 aliphatic heterocycles. The molecule has 1 saturated heterocycles. The third-order valence-electron chi connectivity index (χ3n) is 3.30. The van der Waals surface area contributed by atoms with Gasteiger partial charge in [-0.25, -0.2) is 4.79 Å². The molecule has 0 spiro atoms. The van der Waals surface area contributed by atoms with Gasteiger partial charge >= 0.3 is 12.0 Å². The largest absolute Gasteiger partial charge is 0.481 e. The number of aliphatic carboxylic acids is 1. The molecule has 0 radical (unpaired) electrons. The van der Waals surface area contributed by atoms with Crippen molar-refractivity contribution in [3.63, 3.8) is 0 Å². The maximum atomic E-state index is 12.0. The van der Waals surface area contributed by atoms with E-state index in [9.17, 15) is 13.8 Å². The Morgan fingerprint density at radius 3 is 2.47 bits per heavy atom. The maximum Gasteiger partial charge on any atom is 0.317 e. The molecule has 0 aliphatic carbocycles. The summed E-state index contributed by atoms with van der Waals surface area (Å²) in [5.74, 6) is -0.227. The molecule has 2 N–H and O–H groups in total. The van der Waals surface area contributed by atoms with Gasteiger partial charge in [0.1, 0.15) is 0 Å². The molecular formula is C12H22N2O4S. The smallest absolute Gasteiger partial charge is 0.317 e. The zero-order valence-electron chi connectivity index (χ0n) is 11.4. The standard InChI is InChI=1S/C12H22N2O4S/c1-3-14(8-9(2)11(15)16)12(17)13-10-4-6-19(18)7-5-10/h9-10H,3-8H2,1-2H3,(H,13,17)(H,15,16). The Bertz CT molecular complexity index is 352. The number of hydrogen-bond donors (Lipinski definition) is 2. The van der Waals surface area contributed by atoms with Crippen molar-refractivity contribution in [1.82, 2.24) is 10.2 Å². The van der Waals surface area contributed by atoms with Crippen molar-refractivity contribution < 1.29 is 18.9 Å². The van der Waals surface area contributed by atoms with Crippen LogP contribution in [0.2, 0.25) is 0 Å². The molecule has 19 heavy (non-hydrogen) atoms. The summed E-state index contributed by atoms with van der Waals surface area (Å²) < 4.78 is 11.2. The number of amides is 2. The van der Waals surface area contributed by atoms with E-state index in [0.29, 0.717) is 18.1 Å². The molecule has 6 nitrogen and oxygen atoms in total. The fourth-order valence-corrected chi connectivity index (χ4v) is 3.27. The second-order valence-corrected chi connectivity index (χ2v) is 6.55. The lowest BCUT2D eigenvalue weighted by Gasteiger charge is -2.28. The van der Waals surface area contributed by atoms with Crippen LogP contribution in [0, 0.1) is 5.92 Å². The number of carboxylic acids is 1. The normalized spacial score (nSPS) is 24.5. The topological polar surface area (TPSA) is 86.7 Å². The van der Waals surface area contributed by atoms with Crippen LogP contribution in [0.15, 0.2) is 0 Å². The number of rotatable bonds is 5. The van der Waals surface area contributed by atoms with Crippen LogP contribution in [-0.2, 0) is 15.6 Å². The highest BCUT2D eigenvalue weighted by Crippen LogP contribution is 2.10. The fourth-order valence-electron chi connectivity index (χ4n) is 1.97. The monoisotopic (exact) mass is 290 g/mol. The first-order valence-electron chi connectivity index (χ1n) is 6.57. The molecular weight excluding hydrogens is 268 g/mol. The van der Waals surface area contributed by atoms with Gasteiger partial charge in [-0.2, -0.15) is 0 Å². The first-order valence-corrected chi connectivity index (χ1v) is 8.06. The Labute approximate surface area is 116 Å². The summed E-state index contributed by atoms with van der Waals surface area (Å²) in [6.07, 6.45) is 1.45. The lowest BCUT2D eigenvalue weighted by Crippen LogP contribution is -2.48. The van der Waals surface area contributed by atoms with Gasteiger partial charge in [0.2, 0.25) is 0 Å². The van der Waals surface area contributed by atoms with Crippen LogP contribution in [-0.4, -0.2) is 56.9 Å². The van der Waals surface area contributed by atoms with E-state index in [2.05, 4.69) is 5.32 Å². The first-order chi connectivity index (χ1) is 8.93. The predicted molar refractivity (Wildman–Crippen MR) is 73.5 cm³/mol. The Balaban J connectivity index is 2.45. The molecule has 0 aromatic rings. The van der Waals surface area contributed by atoms with E-state index in [4.69, 9.17) is 5.11 Å². The minimum Gasteiger partial charge on any atom is -0.481 e. The quantitative estimate of drug-likeness (QED) is 0.778. The summed E-state index contributed by atoms with van der Waals surface area (Å²) in [4.78, 5) is 24.3. The highest BCUT2D eigenvalue weighted by atomic mass is 32.2. The summed E-state index contributed by atoms with van der Waals surface area (Å²) in [6, 6.07) is -0.173. The molecule has 7 heteroatoms. The molecule has 1 atom stereocenters. The summed E-state index contributed by atoms with van der Waals surface area (Å²) >= 11 is 0. The van der Waals surface area contributed by atoms with Crippen molar-refractivity contribution in [2.45, 2.75) is 32.7 Å². The van der Waals surface area contributed by atoms with Crippen LogP contribution in [0.25, 0.3) is 0 Å². The lowest BCUT2D eigenvalue weighted by atomic mass is 10.1. The number of urea groups is 1. The van der Waals surface area contributed by atoms with Gasteiger partial charge < -0.3 is 15.3 Å². The van der Waals surface area contributed by atoms with Crippen LogP contribution in [0.5, 0.6) is 0 Å². The van der Waals surface area contributed by atoms with Gasteiger partial charge in [-0.15, -0.1) is 0 Å². The molecule has 0 bridgehead atoms. The SMILES string of the molecule is CCN(CC(C)C(=O)O)C(=O)NC1CCS(=O)CC1. The number of carboxylic acid groups (broad SMARTS) is 1. The average Bonchev–Trinajstić information content (AvgIpc) is 2.38. The van der Waals surface area contributed by atoms with E-state index in [1.54, 1.807) is 6.92 Å². The van der Waals surface area contributed by atoms with E-state index in [-0.39, 0.29) is 18.6 Å². The first kappa shape index (κ1) is 15.9. The molecule has 110 valence electrons. The van der Waals surface area contributed by atoms with Crippen molar-refractivity contribution in [2.24, 2.45) is 5.92 Å². The van der Waals surface area contributed by atoms with Crippen molar-refractivity contribution in [3.05, 3.63) is 0 Å². The summed E-state index contributed by atoms with van der Waals surface area (Å²) in [6.45, 7) is 4.09.